The van der Waals surface area contributed by atoms with Crippen molar-refractivity contribution in [3.8, 4) is 5.75 Å². The van der Waals surface area contributed by atoms with E-state index in [4.69, 9.17) is 4.74 Å². The Balaban J connectivity index is 2.60. The third kappa shape index (κ3) is 4.05. The van der Waals surface area contributed by atoms with Gasteiger partial charge in [0.05, 0.1) is 13.5 Å². The zero-order chi connectivity index (χ0) is 13.5. The minimum atomic E-state index is -0.323. The van der Waals surface area contributed by atoms with Crippen LogP contribution in [0.2, 0.25) is 0 Å². The molecular formula is C12H16N2O3S. The third-order valence-corrected chi connectivity index (χ3v) is 3.00. The predicted octanol–water partition coefficient (Wildman–Crippen LogP) is 1.68. The normalized spacial score (nSPS) is 9.94. The molecule has 98 valence electrons. The lowest BCUT2D eigenvalue weighted by molar-refractivity contribution is -0.126. The number of nitrogens with zero attached hydrogens (tertiary/aromatic N) is 1. The van der Waals surface area contributed by atoms with Gasteiger partial charge >= 0.3 is 5.24 Å². The highest BCUT2D eigenvalue weighted by molar-refractivity contribution is 8.11. The summed E-state index contributed by atoms with van der Waals surface area (Å²) in [7, 11) is 4.68. The van der Waals surface area contributed by atoms with E-state index in [9.17, 15) is 9.59 Å². The molecule has 0 bridgehead atoms. The smallest absolute Gasteiger partial charge is 0.303 e. The molecule has 18 heavy (non-hydrogen) atoms. The van der Waals surface area contributed by atoms with E-state index in [-0.39, 0.29) is 17.6 Å². The van der Waals surface area contributed by atoms with Crippen LogP contribution in [0.3, 0.4) is 0 Å². The highest BCUT2D eigenvalue weighted by atomic mass is 32.2. The summed E-state index contributed by atoms with van der Waals surface area (Å²) >= 11 is 0.881. The minimum Gasteiger partial charge on any atom is -0.497 e. The molecular weight excluding hydrogens is 252 g/mol. The maximum Gasteiger partial charge on any atom is 0.303 e. The lowest BCUT2D eigenvalue weighted by Crippen LogP contribution is -2.32. The summed E-state index contributed by atoms with van der Waals surface area (Å²) in [4.78, 5) is 24.4. The second-order valence-electron chi connectivity index (χ2n) is 3.55. The molecule has 2 amide bonds. The van der Waals surface area contributed by atoms with E-state index in [2.05, 4.69) is 4.72 Å². The van der Waals surface area contributed by atoms with E-state index in [1.165, 1.54) is 7.05 Å². The van der Waals surface area contributed by atoms with Crippen molar-refractivity contribution in [3.05, 3.63) is 29.8 Å². The number of nitrogens with one attached hydrogen (secondary N) is 1. The fraction of sp³-hybridized carbons (Fsp3) is 0.333. The molecule has 1 rings (SSSR count). The topological polar surface area (TPSA) is 58.6 Å². The zero-order valence-corrected chi connectivity index (χ0v) is 11.4. The van der Waals surface area contributed by atoms with Crippen molar-refractivity contribution in [2.24, 2.45) is 0 Å². The molecule has 0 atom stereocenters. The van der Waals surface area contributed by atoms with E-state index in [0.717, 1.165) is 28.2 Å². The molecule has 1 aromatic carbocycles. The van der Waals surface area contributed by atoms with Gasteiger partial charge in [0.15, 0.2) is 0 Å². The SMILES string of the molecule is CNSC(=O)N(C)C(=O)Cc1ccc(OC)cc1. The molecule has 0 aliphatic heterocycles. The fourth-order valence-corrected chi connectivity index (χ4v) is 1.71. The van der Waals surface area contributed by atoms with Gasteiger partial charge in [0.1, 0.15) is 5.75 Å². The summed E-state index contributed by atoms with van der Waals surface area (Å²) in [6, 6.07) is 7.18. The first-order chi connectivity index (χ1) is 8.58. The van der Waals surface area contributed by atoms with E-state index < -0.39 is 0 Å². The predicted molar refractivity (Wildman–Crippen MR) is 71.5 cm³/mol. The minimum absolute atomic E-state index is 0.191. The van der Waals surface area contributed by atoms with Gasteiger partial charge in [0.25, 0.3) is 0 Å². The van der Waals surface area contributed by atoms with Crippen molar-refractivity contribution < 1.29 is 14.3 Å². The van der Waals surface area contributed by atoms with Gasteiger partial charge in [-0.3, -0.25) is 19.2 Å². The highest BCUT2D eigenvalue weighted by Gasteiger charge is 2.17. The van der Waals surface area contributed by atoms with Gasteiger partial charge in [-0.25, -0.2) is 0 Å². The summed E-state index contributed by atoms with van der Waals surface area (Å²) < 4.78 is 7.67. The molecule has 1 aromatic rings. The lowest BCUT2D eigenvalue weighted by Gasteiger charge is -2.14. The first kappa shape index (κ1) is 14.5. The largest absolute Gasteiger partial charge is 0.497 e. The van der Waals surface area contributed by atoms with Crippen LogP contribution in [0.4, 0.5) is 4.79 Å². The standard InChI is InChI=1S/C12H16N2O3S/c1-13-18-12(16)14(2)11(15)8-9-4-6-10(17-3)7-5-9/h4-7,13H,8H2,1-3H3. The zero-order valence-electron chi connectivity index (χ0n) is 10.6. The van der Waals surface area contributed by atoms with E-state index >= 15 is 0 Å². The maximum atomic E-state index is 11.8. The monoisotopic (exact) mass is 268 g/mol. The Labute approximate surface area is 111 Å². The number of methoxy groups -OCH3 is 1. The van der Waals surface area contributed by atoms with Crippen molar-refractivity contribution in [3.63, 3.8) is 0 Å². The van der Waals surface area contributed by atoms with E-state index in [0.29, 0.717) is 0 Å². The molecule has 0 aliphatic carbocycles. The molecule has 0 fully saturated rings. The Morgan fingerprint density at radius 3 is 2.44 bits per heavy atom. The van der Waals surface area contributed by atoms with Crippen molar-refractivity contribution in [1.29, 1.82) is 0 Å². The summed E-state index contributed by atoms with van der Waals surface area (Å²) in [5.41, 5.74) is 0.843. The van der Waals surface area contributed by atoms with Crippen molar-refractivity contribution in [1.82, 2.24) is 9.62 Å². The van der Waals surface area contributed by atoms with Crippen molar-refractivity contribution in [2.75, 3.05) is 21.2 Å². The Morgan fingerprint density at radius 2 is 1.94 bits per heavy atom. The van der Waals surface area contributed by atoms with Crippen LogP contribution in [0.25, 0.3) is 0 Å². The molecule has 5 nitrogen and oxygen atoms in total. The second kappa shape index (κ2) is 7.03. The molecule has 0 unspecified atom stereocenters. The fourth-order valence-electron chi connectivity index (χ4n) is 1.29. The molecule has 0 aromatic heterocycles. The van der Waals surface area contributed by atoms with Gasteiger partial charge in [-0.15, -0.1) is 0 Å². The molecule has 6 heteroatoms. The number of carbonyl (C=O) groups excluding carboxylic acids is 2. The van der Waals surface area contributed by atoms with E-state index in [1.807, 2.05) is 0 Å². The molecule has 0 radical (unpaired) electrons. The number of carbonyl (C=O) groups is 2. The molecule has 0 saturated heterocycles. The summed E-state index contributed by atoms with van der Waals surface area (Å²) in [5, 5.41) is -0.323. The lowest BCUT2D eigenvalue weighted by atomic mass is 10.1. The molecule has 0 heterocycles. The summed E-state index contributed by atoms with van der Waals surface area (Å²) in [6.45, 7) is 0. The Morgan fingerprint density at radius 1 is 1.33 bits per heavy atom. The average molecular weight is 268 g/mol. The second-order valence-corrected chi connectivity index (χ2v) is 4.51. The van der Waals surface area contributed by atoms with Gasteiger partial charge in [-0.05, 0) is 24.7 Å². The average Bonchev–Trinajstić information content (AvgIpc) is 2.39. The van der Waals surface area contributed by atoms with Crippen LogP contribution in [-0.2, 0) is 11.2 Å². The maximum absolute atomic E-state index is 11.8. The van der Waals surface area contributed by atoms with Crippen LogP contribution in [0, 0.1) is 0 Å². The quantitative estimate of drug-likeness (QED) is 0.842. The van der Waals surface area contributed by atoms with Crippen LogP contribution < -0.4 is 9.46 Å². The summed E-state index contributed by atoms with van der Waals surface area (Å²) in [5.74, 6) is 0.495. The van der Waals surface area contributed by atoms with Crippen LogP contribution in [-0.4, -0.2) is 37.3 Å². The summed E-state index contributed by atoms with van der Waals surface area (Å²) in [6.07, 6.45) is 0.191. The van der Waals surface area contributed by atoms with Crippen LogP contribution >= 0.6 is 11.9 Å². The number of likely N-dealkylation sites (N-methyl/N-ethyl adjacent to an activating group) is 1. The van der Waals surface area contributed by atoms with Gasteiger partial charge in [0, 0.05) is 19.0 Å². The Bertz CT molecular complexity index is 420. The number of amides is 2. The first-order valence-corrected chi connectivity index (χ1v) is 6.17. The number of rotatable bonds is 4. The van der Waals surface area contributed by atoms with Crippen molar-refractivity contribution >= 4 is 23.1 Å². The number of imide groups is 1. The number of benzene rings is 1. The Hall–Kier alpha value is -1.53. The number of hydrogen-bond donors (Lipinski definition) is 1. The van der Waals surface area contributed by atoms with Gasteiger partial charge in [-0.2, -0.15) is 0 Å². The van der Waals surface area contributed by atoms with Gasteiger partial charge < -0.3 is 4.74 Å². The number of hydrogen-bond acceptors (Lipinski definition) is 5. The van der Waals surface area contributed by atoms with Gasteiger partial charge in [-0.1, -0.05) is 12.1 Å². The van der Waals surface area contributed by atoms with Gasteiger partial charge in [0.2, 0.25) is 5.91 Å². The van der Waals surface area contributed by atoms with E-state index in [1.54, 1.807) is 38.4 Å². The molecule has 0 aliphatic rings. The first-order valence-electron chi connectivity index (χ1n) is 5.35. The van der Waals surface area contributed by atoms with Crippen LogP contribution in [0.15, 0.2) is 24.3 Å². The molecule has 0 saturated carbocycles. The van der Waals surface area contributed by atoms with Crippen molar-refractivity contribution in [2.45, 2.75) is 6.42 Å². The van der Waals surface area contributed by atoms with Crippen LogP contribution in [0.1, 0.15) is 5.56 Å². The molecule has 0 spiro atoms. The molecule has 1 N–H and O–H groups in total. The third-order valence-electron chi connectivity index (χ3n) is 2.35. The number of ether oxygens (including phenoxy) is 1. The highest BCUT2D eigenvalue weighted by Crippen LogP contribution is 2.13. The Kier molecular flexibility index (Phi) is 5.67. The van der Waals surface area contributed by atoms with Crippen LogP contribution in [0.5, 0.6) is 5.75 Å².